The number of nitrogens with zero attached hydrogens (tertiary/aromatic N) is 1. The van der Waals surface area contributed by atoms with Crippen LogP contribution in [-0.4, -0.2) is 19.0 Å². The second-order valence-electron chi connectivity index (χ2n) is 5.09. The van der Waals surface area contributed by atoms with Crippen LogP contribution in [0.3, 0.4) is 0 Å². The van der Waals surface area contributed by atoms with Gasteiger partial charge in [-0.25, -0.2) is 0 Å². The molecule has 0 aliphatic carbocycles. The van der Waals surface area contributed by atoms with E-state index < -0.39 is 0 Å². The van der Waals surface area contributed by atoms with E-state index in [0.717, 1.165) is 30.8 Å². The molecule has 0 aliphatic rings. The largest absolute Gasteiger partial charge is 0.385 e. The average Bonchev–Trinajstić information content (AvgIpc) is 2.55. The van der Waals surface area contributed by atoms with Crippen LogP contribution in [0.25, 0.3) is 0 Å². The van der Waals surface area contributed by atoms with Crippen LogP contribution in [0.1, 0.15) is 18.9 Å². The second kappa shape index (κ2) is 8.72. The maximum absolute atomic E-state index is 5.91. The van der Waals surface area contributed by atoms with Crippen molar-refractivity contribution in [1.82, 2.24) is 0 Å². The van der Waals surface area contributed by atoms with E-state index in [-0.39, 0.29) is 0 Å². The monoisotopic (exact) mass is 296 g/mol. The van der Waals surface area contributed by atoms with E-state index in [0.29, 0.717) is 12.5 Å². The molecule has 0 saturated carbocycles. The zero-order valence-corrected chi connectivity index (χ0v) is 13.0. The van der Waals surface area contributed by atoms with E-state index in [9.17, 15) is 0 Å². The van der Waals surface area contributed by atoms with Gasteiger partial charge in [-0.1, -0.05) is 37.3 Å². The van der Waals surface area contributed by atoms with Gasteiger partial charge in [-0.15, -0.1) is 0 Å². The van der Waals surface area contributed by atoms with Crippen molar-refractivity contribution >= 4 is 17.3 Å². The third-order valence-corrected chi connectivity index (χ3v) is 3.33. The van der Waals surface area contributed by atoms with Crippen LogP contribution in [-0.2, 0) is 6.42 Å². The zero-order valence-electron chi connectivity index (χ0n) is 13.0. The number of hydrogen-bond donors (Lipinski definition) is 3. The Morgan fingerprint density at radius 3 is 2.59 bits per heavy atom. The van der Waals surface area contributed by atoms with E-state index in [4.69, 9.17) is 5.73 Å². The number of nitrogens with one attached hydrogen (secondary N) is 2. The van der Waals surface area contributed by atoms with Crippen LogP contribution in [0.2, 0.25) is 0 Å². The van der Waals surface area contributed by atoms with E-state index in [2.05, 4.69) is 46.8 Å². The average molecular weight is 296 g/mol. The summed E-state index contributed by atoms with van der Waals surface area (Å²) in [5.74, 6) is 0.466. The van der Waals surface area contributed by atoms with Crippen molar-refractivity contribution in [3.63, 3.8) is 0 Å². The number of nitrogens with two attached hydrogens (primary N) is 1. The number of benzene rings is 2. The summed E-state index contributed by atoms with van der Waals surface area (Å²) < 4.78 is 0. The molecule has 4 heteroatoms. The van der Waals surface area contributed by atoms with Gasteiger partial charge in [0.2, 0.25) is 0 Å². The minimum absolute atomic E-state index is 0.466. The number of para-hydroxylation sites is 1. The van der Waals surface area contributed by atoms with Crippen molar-refractivity contribution in [1.29, 1.82) is 0 Å². The Morgan fingerprint density at radius 1 is 1.05 bits per heavy atom. The highest BCUT2D eigenvalue weighted by atomic mass is 15.1. The zero-order chi connectivity index (χ0) is 15.6. The molecule has 2 aromatic rings. The Hall–Kier alpha value is -2.49. The Morgan fingerprint density at radius 2 is 1.82 bits per heavy atom. The highest BCUT2D eigenvalue weighted by Gasteiger charge is 1.96. The predicted octanol–water partition coefficient (Wildman–Crippen LogP) is 3.48. The first-order valence-corrected chi connectivity index (χ1v) is 7.72. The van der Waals surface area contributed by atoms with Gasteiger partial charge in [-0.05, 0) is 42.7 Å². The van der Waals surface area contributed by atoms with Crippen molar-refractivity contribution < 1.29 is 0 Å². The van der Waals surface area contributed by atoms with Crippen LogP contribution in [0.5, 0.6) is 0 Å². The van der Waals surface area contributed by atoms with Gasteiger partial charge in [0.15, 0.2) is 5.96 Å². The molecule has 0 bridgehead atoms. The SMILES string of the molecule is CCc1cccc(NC(N)=NCCCNc2ccccc2)c1. The Kier molecular flexibility index (Phi) is 6.30. The smallest absolute Gasteiger partial charge is 0.193 e. The summed E-state index contributed by atoms with van der Waals surface area (Å²) in [7, 11) is 0. The third kappa shape index (κ3) is 5.48. The first kappa shape index (κ1) is 15.9. The lowest BCUT2D eigenvalue weighted by molar-refractivity contribution is 0.873. The predicted molar refractivity (Wildman–Crippen MR) is 95.5 cm³/mol. The fourth-order valence-corrected chi connectivity index (χ4v) is 2.12. The molecule has 0 saturated heterocycles. The summed E-state index contributed by atoms with van der Waals surface area (Å²) in [6.45, 7) is 3.72. The van der Waals surface area contributed by atoms with Gasteiger partial charge in [0.1, 0.15) is 0 Å². The number of hydrogen-bond acceptors (Lipinski definition) is 2. The summed E-state index contributed by atoms with van der Waals surface area (Å²) in [5, 5.41) is 6.49. The molecule has 0 heterocycles. The molecular weight excluding hydrogens is 272 g/mol. The van der Waals surface area contributed by atoms with Crippen LogP contribution in [0.4, 0.5) is 11.4 Å². The lowest BCUT2D eigenvalue weighted by Crippen LogP contribution is -2.23. The van der Waals surface area contributed by atoms with E-state index in [1.165, 1.54) is 5.56 Å². The minimum atomic E-state index is 0.466. The molecule has 22 heavy (non-hydrogen) atoms. The first-order valence-electron chi connectivity index (χ1n) is 7.72. The maximum atomic E-state index is 5.91. The molecule has 0 spiro atoms. The normalized spacial score (nSPS) is 11.2. The quantitative estimate of drug-likeness (QED) is 0.416. The molecule has 2 aromatic carbocycles. The molecule has 0 aliphatic heterocycles. The standard InChI is InChI=1S/C18H24N4/c1-2-15-8-6-11-17(14-15)22-18(19)21-13-7-12-20-16-9-4-3-5-10-16/h3-6,8-11,14,20H,2,7,12-13H2,1H3,(H3,19,21,22). The first-order chi connectivity index (χ1) is 10.8. The fraction of sp³-hybridized carbons (Fsp3) is 0.278. The highest BCUT2D eigenvalue weighted by Crippen LogP contribution is 2.10. The summed E-state index contributed by atoms with van der Waals surface area (Å²) in [6.07, 6.45) is 1.95. The van der Waals surface area contributed by atoms with Crippen molar-refractivity contribution in [2.75, 3.05) is 23.7 Å². The summed E-state index contributed by atoms with van der Waals surface area (Å²) >= 11 is 0. The fourth-order valence-electron chi connectivity index (χ4n) is 2.12. The molecule has 0 aromatic heterocycles. The summed E-state index contributed by atoms with van der Waals surface area (Å²) in [5.41, 5.74) is 9.31. The van der Waals surface area contributed by atoms with Crippen molar-refractivity contribution in [2.45, 2.75) is 19.8 Å². The van der Waals surface area contributed by atoms with Crippen LogP contribution >= 0.6 is 0 Å². The molecule has 2 rings (SSSR count). The molecular formula is C18H24N4. The van der Waals surface area contributed by atoms with Crippen molar-refractivity contribution in [3.8, 4) is 0 Å². The molecule has 4 nitrogen and oxygen atoms in total. The van der Waals surface area contributed by atoms with Gasteiger partial charge >= 0.3 is 0 Å². The van der Waals surface area contributed by atoms with Crippen molar-refractivity contribution in [2.24, 2.45) is 10.7 Å². The summed E-state index contributed by atoms with van der Waals surface area (Å²) in [4.78, 5) is 4.35. The van der Waals surface area contributed by atoms with Gasteiger partial charge in [0.05, 0.1) is 0 Å². The molecule has 4 N–H and O–H groups in total. The van der Waals surface area contributed by atoms with E-state index in [1.807, 2.05) is 30.3 Å². The maximum Gasteiger partial charge on any atom is 0.193 e. The minimum Gasteiger partial charge on any atom is -0.385 e. The number of rotatable bonds is 7. The number of aryl methyl sites for hydroxylation is 1. The van der Waals surface area contributed by atoms with Gasteiger partial charge in [0, 0.05) is 24.5 Å². The lowest BCUT2D eigenvalue weighted by atomic mass is 10.1. The van der Waals surface area contributed by atoms with Crippen molar-refractivity contribution in [3.05, 3.63) is 60.2 Å². The van der Waals surface area contributed by atoms with Gasteiger partial charge in [-0.3, -0.25) is 4.99 Å². The lowest BCUT2D eigenvalue weighted by Gasteiger charge is -2.07. The molecule has 0 amide bonds. The number of anilines is 2. The number of guanidine groups is 1. The van der Waals surface area contributed by atoms with Crippen LogP contribution in [0, 0.1) is 0 Å². The van der Waals surface area contributed by atoms with Crippen LogP contribution < -0.4 is 16.4 Å². The van der Waals surface area contributed by atoms with Crippen LogP contribution in [0.15, 0.2) is 59.6 Å². The van der Waals surface area contributed by atoms with Gasteiger partial charge in [0.25, 0.3) is 0 Å². The molecule has 0 unspecified atom stereocenters. The molecule has 0 radical (unpaired) electrons. The molecule has 0 atom stereocenters. The van der Waals surface area contributed by atoms with E-state index >= 15 is 0 Å². The van der Waals surface area contributed by atoms with Gasteiger partial charge in [-0.2, -0.15) is 0 Å². The van der Waals surface area contributed by atoms with Gasteiger partial charge < -0.3 is 16.4 Å². The molecule has 0 fully saturated rings. The number of aliphatic imine (C=N–C) groups is 1. The van der Waals surface area contributed by atoms with E-state index in [1.54, 1.807) is 0 Å². The topological polar surface area (TPSA) is 62.4 Å². The highest BCUT2D eigenvalue weighted by molar-refractivity contribution is 5.92. The Bertz CT molecular complexity index is 593. The Labute approximate surface area is 132 Å². The third-order valence-electron chi connectivity index (χ3n) is 3.33. The summed E-state index contributed by atoms with van der Waals surface area (Å²) in [6, 6.07) is 18.4. The molecule has 116 valence electrons. The second-order valence-corrected chi connectivity index (χ2v) is 5.09. The Balaban J connectivity index is 1.71.